The molecule has 1 saturated heterocycles. The first kappa shape index (κ1) is 32.0. The van der Waals surface area contributed by atoms with Crippen molar-refractivity contribution in [3.05, 3.63) is 82.2 Å². The number of aromatic amines is 1. The maximum absolute atomic E-state index is 13.7. The van der Waals surface area contributed by atoms with E-state index < -0.39 is 5.41 Å². The maximum atomic E-state index is 13.7. The highest BCUT2D eigenvalue weighted by atomic mass is 16.2. The molecule has 0 bridgehead atoms. The van der Waals surface area contributed by atoms with E-state index in [1.165, 1.54) is 5.56 Å². The third-order valence-electron chi connectivity index (χ3n) is 11.2. The fourth-order valence-electron chi connectivity index (χ4n) is 8.56. The van der Waals surface area contributed by atoms with E-state index in [9.17, 15) is 14.9 Å². The highest BCUT2D eigenvalue weighted by molar-refractivity contribution is 5.94. The van der Waals surface area contributed by atoms with Crippen LogP contribution in [0.25, 0.3) is 5.70 Å². The summed E-state index contributed by atoms with van der Waals surface area (Å²) in [4.78, 5) is 28.6. The average Bonchev–Trinajstić information content (AvgIpc) is 3.92. The highest BCUT2D eigenvalue weighted by Gasteiger charge is 2.60. The standard InChI is InChI=1S/C37H45N9O2/c1-5-39-22(4)24-11-13-30-25(15-24)9-10-26-16-27(35(48)40-6-2)12-14-31(26)37(30,36-42-44-45-43-36)18-32(23-7-8-23)41-20-33(47)46-28(19-38)17-29-21(3)34(29)46/h11-16,21,23,28-29,32,34,39,41H,4-10,17-18,20H2,1-3H3,(H,40,48)(H,42,43,44,45)/t21-,28?,29+,32+,34-,37?/m0/s1. The molecule has 4 N–H and O–H groups in total. The number of aryl methyl sites for hydroxylation is 2. The van der Waals surface area contributed by atoms with E-state index >= 15 is 0 Å². The molecule has 2 heterocycles. The van der Waals surface area contributed by atoms with Crippen molar-refractivity contribution in [2.24, 2.45) is 17.8 Å². The van der Waals surface area contributed by atoms with Crippen molar-refractivity contribution in [1.29, 1.82) is 5.26 Å². The van der Waals surface area contributed by atoms with Crippen LogP contribution >= 0.6 is 0 Å². The van der Waals surface area contributed by atoms with Gasteiger partial charge in [0.25, 0.3) is 5.91 Å². The van der Waals surface area contributed by atoms with E-state index in [4.69, 9.17) is 0 Å². The van der Waals surface area contributed by atoms with Crippen LogP contribution in [0.2, 0.25) is 0 Å². The lowest BCUT2D eigenvalue weighted by Crippen LogP contribution is -2.48. The second kappa shape index (κ2) is 12.8. The maximum Gasteiger partial charge on any atom is 0.251 e. The molecule has 1 aliphatic heterocycles. The smallest absolute Gasteiger partial charge is 0.251 e. The molecule has 0 spiro atoms. The predicted molar refractivity (Wildman–Crippen MR) is 182 cm³/mol. The van der Waals surface area contributed by atoms with Gasteiger partial charge in [0.15, 0.2) is 5.82 Å². The number of nitrogens with zero attached hydrogens (tertiary/aromatic N) is 5. The van der Waals surface area contributed by atoms with Crippen molar-refractivity contribution in [3.8, 4) is 6.07 Å². The lowest BCUT2D eigenvalue weighted by atomic mass is 9.67. The number of nitriles is 1. The first-order valence-electron chi connectivity index (χ1n) is 17.5. The average molecular weight is 648 g/mol. The van der Waals surface area contributed by atoms with Crippen LogP contribution in [-0.2, 0) is 23.1 Å². The van der Waals surface area contributed by atoms with Crippen molar-refractivity contribution in [2.75, 3.05) is 19.6 Å². The molecule has 48 heavy (non-hydrogen) atoms. The Morgan fingerprint density at radius 1 is 1.08 bits per heavy atom. The minimum absolute atomic E-state index is 0.00233. The molecule has 11 heteroatoms. The summed E-state index contributed by atoms with van der Waals surface area (Å²) in [6, 6.07) is 14.7. The minimum atomic E-state index is -0.811. The zero-order valence-electron chi connectivity index (χ0n) is 28.1. The van der Waals surface area contributed by atoms with Gasteiger partial charge in [-0.15, -0.1) is 10.2 Å². The van der Waals surface area contributed by atoms with Gasteiger partial charge in [-0.1, -0.05) is 36.9 Å². The molecule has 250 valence electrons. The van der Waals surface area contributed by atoms with Gasteiger partial charge in [0.05, 0.1) is 18.0 Å². The van der Waals surface area contributed by atoms with E-state index in [1.807, 2.05) is 24.0 Å². The number of nitrogens with one attached hydrogen (secondary N) is 4. The first-order chi connectivity index (χ1) is 23.3. The van der Waals surface area contributed by atoms with E-state index in [2.05, 4.69) is 87.3 Å². The molecule has 1 aromatic heterocycles. The Hall–Kier alpha value is -4.56. The molecular weight excluding hydrogens is 602 g/mol. The molecule has 3 aromatic rings. The minimum Gasteiger partial charge on any atom is -0.385 e. The molecule has 6 atom stereocenters. The number of hydrogen-bond acceptors (Lipinski definition) is 8. The molecule has 7 rings (SSSR count). The van der Waals surface area contributed by atoms with Gasteiger partial charge in [0.2, 0.25) is 5.91 Å². The van der Waals surface area contributed by atoms with Crippen molar-refractivity contribution >= 4 is 17.5 Å². The normalized spacial score (nSPS) is 25.9. The number of carbonyl (C=O) groups excluding carboxylic acids is 2. The largest absolute Gasteiger partial charge is 0.385 e. The van der Waals surface area contributed by atoms with E-state index in [1.54, 1.807) is 0 Å². The number of piperidine rings is 1. The monoisotopic (exact) mass is 647 g/mol. The van der Waals surface area contributed by atoms with Crippen LogP contribution in [0.1, 0.15) is 90.5 Å². The van der Waals surface area contributed by atoms with Crippen molar-refractivity contribution in [2.45, 2.75) is 82.8 Å². The molecule has 0 radical (unpaired) electrons. The van der Waals surface area contributed by atoms with Crippen molar-refractivity contribution in [3.63, 3.8) is 0 Å². The Morgan fingerprint density at radius 2 is 1.77 bits per heavy atom. The van der Waals surface area contributed by atoms with Gasteiger partial charge in [0.1, 0.15) is 6.04 Å². The molecule has 11 nitrogen and oxygen atoms in total. The number of carbonyl (C=O) groups is 2. The van der Waals surface area contributed by atoms with Crippen LogP contribution in [0.15, 0.2) is 43.0 Å². The number of benzene rings is 2. The molecule has 2 amide bonds. The van der Waals surface area contributed by atoms with Gasteiger partial charge in [-0.2, -0.15) is 10.5 Å². The fraction of sp³-hybridized carbons (Fsp3) is 0.514. The highest BCUT2D eigenvalue weighted by Crippen LogP contribution is 2.53. The summed E-state index contributed by atoms with van der Waals surface area (Å²) in [5, 5.41) is 35.9. The van der Waals surface area contributed by atoms with Crippen molar-refractivity contribution in [1.82, 2.24) is 41.5 Å². The third kappa shape index (κ3) is 5.56. The Bertz CT molecular complexity index is 1690. The number of fused-ring (bicyclic) bond motifs is 3. The molecule has 3 aliphatic carbocycles. The number of hydrogen-bond donors (Lipinski definition) is 4. The number of likely N-dealkylation sites (tertiary alicyclic amines) is 1. The van der Waals surface area contributed by atoms with Gasteiger partial charge in [-0.3, -0.25) is 9.59 Å². The zero-order chi connectivity index (χ0) is 33.6. The number of aromatic nitrogens is 4. The third-order valence-corrected chi connectivity index (χ3v) is 11.2. The summed E-state index contributed by atoms with van der Waals surface area (Å²) in [7, 11) is 0. The summed E-state index contributed by atoms with van der Waals surface area (Å²) in [5.41, 5.74) is 6.09. The van der Waals surface area contributed by atoms with Crippen LogP contribution in [0.4, 0.5) is 0 Å². The number of rotatable bonds is 12. The molecule has 3 fully saturated rings. The summed E-state index contributed by atoms with van der Waals surface area (Å²) in [5.74, 6) is 1.74. The summed E-state index contributed by atoms with van der Waals surface area (Å²) < 4.78 is 0. The Kier molecular flexibility index (Phi) is 8.54. The second-order valence-corrected chi connectivity index (χ2v) is 14.0. The van der Waals surface area contributed by atoms with E-state index in [0.29, 0.717) is 42.1 Å². The van der Waals surface area contributed by atoms with Crippen LogP contribution in [0.3, 0.4) is 0 Å². The molecular formula is C37H45N9O2. The van der Waals surface area contributed by atoms with Gasteiger partial charge in [0, 0.05) is 36.4 Å². The van der Waals surface area contributed by atoms with Gasteiger partial charge in [-0.05, 0) is 116 Å². The van der Waals surface area contributed by atoms with Gasteiger partial charge in [-0.25, -0.2) is 0 Å². The van der Waals surface area contributed by atoms with Gasteiger partial charge < -0.3 is 20.9 Å². The Morgan fingerprint density at radius 3 is 2.40 bits per heavy atom. The fourth-order valence-corrected chi connectivity index (χ4v) is 8.56. The second-order valence-electron chi connectivity index (χ2n) is 14.0. The summed E-state index contributed by atoms with van der Waals surface area (Å²) in [6.45, 7) is 11.9. The lowest BCUT2D eigenvalue weighted by molar-refractivity contribution is -0.131. The molecule has 4 aliphatic rings. The molecule has 2 unspecified atom stereocenters. The molecule has 2 aromatic carbocycles. The topological polar surface area (TPSA) is 152 Å². The Labute approximate surface area is 281 Å². The number of H-pyrrole nitrogens is 1. The summed E-state index contributed by atoms with van der Waals surface area (Å²) in [6.07, 6.45) is 5.00. The van der Waals surface area contributed by atoms with Crippen LogP contribution < -0.4 is 16.0 Å². The van der Waals surface area contributed by atoms with Crippen LogP contribution in [0.5, 0.6) is 0 Å². The van der Waals surface area contributed by atoms with Gasteiger partial charge >= 0.3 is 0 Å². The SMILES string of the molecule is C=C(NCC)c1ccc2c(c1)CCc1cc(C(=O)NCC)ccc1C2(C[C@@H](NCC(=O)N1C(C#N)C[C@@H]2[C@H](C)[C@@H]21)C1CC1)c1nn[nH]n1. The van der Waals surface area contributed by atoms with Crippen molar-refractivity contribution < 1.29 is 9.59 Å². The number of tetrazole rings is 1. The zero-order valence-corrected chi connectivity index (χ0v) is 28.1. The lowest BCUT2D eigenvalue weighted by Gasteiger charge is -2.37. The van der Waals surface area contributed by atoms with Crippen LogP contribution in [0, 0.1) is 29.1 Å². The first-order valence-corrected chi connectivity index (χ1v) is 17.5. The Balaban J connectivity index is 1.31. The number of amides is 2. The summed E-state index contributed by atoms with van der Waals surface area (Å²) >= 11 is 0. The van der Waals surface area contributed by atoms with E-state index in [-0.39, 0.29) is 36.5 Å². The predicted octanol–water partition coefficient (Wildman–Crippen LogP) is 3.48. The quantitative estimate of drug-likeness (QED) is 0.233. The van der Waals surface area contributed by atoms with Crippen LogP contribution in [-0.4, -0.2) is 75.1 Å². The van der Waals surface area contributed by atoms with E-state index in [0.717, 1.165) is 66.6 Å². The molecule has 2 saturated carbocycles.